The number of hydrogen-bond donors (Lipinski definition) is 0. The number of carbonyl (C=O) groups is 1. The van der Waals surface area contributed by atoms with Gasteiger partial charge in [0.15, 0.2) is 5.76 Å². The second kappa shape index (κ2) is 5.92. The highest BCUT2D eigenvalue weighted by Gasteiger charge is 2.24. The Labute approximate surface area is 138 Å². The number of carbonyl (C=O) groups excluding carboxylic acids is 1. The van der Waals surface area contributed by atoms with Crippen molar-refractivity contribution in [3.63, 3.8) is 0 Å². The van der Waals surface area contributed by atoms with E-state index in [2.05, 4.69) is 15.1 Å². The highest BCUT2D eigenvalue weighted by molar-refractivity contribution is 5.95. The Hall–Kier alpha value is -2.96. The fraction of sp³-hybridized carbons (Fsp3) is 0.294. The number of aromatic nitrogens is 4. The van der Waals surface area contributed by atoms with Gasteiger partial charge in [-0.2, -0.15) is 5.10 Å². The largest absolute Gasteiger partial charge is 0.463 e. The predicted molar refractivity (Wildman–Crippen MR) is 86.7 cm³/mol. The van der Waals surface area contributed by atoms with Gasteiger partial charge in [0.25, 0.3) is 11.9 Å². The fourth-order valence-corrected chi connectivity index (χ4v) is 2.92. The van der Waals surface area contributed by atoms with Gasteiger partial charge >= 0.3 is 0 Å². The number of amides is 1. The van der Waals surface area contributed by atoms with Gasteiger partial charge in [-0.1, -0.05) is 0 Å². The van der Waals surface area contributed by atoms with Crippen molar-refractivity contribution < 1.29 is 9.21 Å². The zero-order valence-electron chi connectivity index (χ0n) is 13.3. The van der Waals surface area contributed by atoms with Gasteiger partial charge in [-0.3, -0.25) is 4.79 Å². The highest BCUT2D eigenvalue weighted by atomic mass is 16.3. The van der Waals surface area contributed by atoms with E-state index in [0.717, 1.165) is 31.6 Å². The van der Waals surface area contributed by atoms with Crippen LogP contribution >= 0.6 is 0 Å². The minimum Gasteiger partial charge on any atom is -0.463 e. The third-order valence-corrected chi connectivity index (χ3v) is 4.24. The van der Waals surface area contributed by atoms with Crippen molar-refractivity contribution in [2.45, 2.75) is 19.8 Å². The molecule has 0 aromatic carbocycles. The molecular weight excluding hydrogens is 306 g/mol. The van der Waals surface area contributed by atoms with Crippen LogP contribution < -0.4 is 0 Å². The van der Waals surface area contributed by atoms with Gasteiger partial charge < -0.3 is 9.32 Å². The number of hydrogen-bond acceptors (Lipinski definition) is 5. The Bertz CT molecular complexity index is 863. The maximum atomic E-state index is 12.6. The summed E-state index contributed by atoms with van der Waals surface area (Å²) < 4.78 is 6.96. The van der Waals surface area contributed by atoms with Gasteiger partial charge in [0.05, 0.1) is 23.7 Å². The highest BCUT2D eigenvalue weighted by Crippen LogP contribution is 2.20. The number of likely N-dealkylation sites (tertiary alicyclic amines) is 1. The second-order valence-corrected chi connectivity index (χ2v) is 5.77. The second-order valence-electron chi connectivity index (χ2n) is 5.77. The summed E-state index contributed by atoms with van der Waals surface area (Å²) in [5, 5.41) is 4.31. The van der Waals surface area contributed by atoms with Gasteiger partial charge in [-0.25, -0.2) is 14.6 Å². The lowest BCUT2D eigenvalue weighted by Crippen LogP contribution is -2.28. The van der Waals surface area contributed by atoms with Gasteiger partial charge in [0, 0.05) is 19.3 Å². The van der Waals surface area contributed by atoms with Crippen LogP contribution in [0.2, 0.25) is 0 Å². The van der Waals surface area contributed by atoms with Crippen molar-refractivity contribution in [2.24, 2.45) is 0 Å². The molecule has 1 fully saturated rings. The molecule has 0 spiro atoms. The van der Waals surface area contributed by atoms with E-state index in [0.29, 0.717) is 23.0 Å². The minimum atomic E-state index is 0.0263. The van der Waals surface area contributed by atoms with E-state index >= 15 is 0 Å². The molecule has 0 aliphatic carbocycles. The first-order valence-electron chi connectivity index (χ1n) is 7.95. The van der Waals surface area contributed by atoms with Crippen molar-refractivity contribution in [1.82, 2.24) is 24.6 Å². The molecular formula is C17H17N5O2. The van der Waals surface area contributed by atoms with Crippen LogP contribution in [0.5, 0.6) is 0 Å². The molecule has 0 radical (unpaired) electrons. The van der Waals surface area contributed by atoms with E-state index in [4.69, 9.17) is 4.42 Å². The van der Waals surface area contributed by atoms with Crippen LogP contribution in [0.15, 0.2) is 41.3 Å². The summed E-state index contributed by atoms with van der Waals surface area (Å²) in [7, 11) is 0. The smallest absolute Gasteiger partial charge is 0.257 e. The van der Waals surface area contributed by atoms with Crippen molar-refractivity contribution in [2.75, 3.05) is 13.1 Å². The zero-order valence-corrected chi connectivity index (χ0v) is 13.3. The van der Waals surface area contributed by atoms with Crippen molar-refractivity contribution in [1.29, 1.82) is 0 Å². The van der Waals surface area contributed by atoms with E-state index in [-0.39, 0.29) is 5.91 Å². The Balaban J connectivity index is 1.68. The quantitative estimate of drug-likeness (QED) is 0.740. The SMILES string of the molecule is Cc1c(C(=O)N2CCCC2)cnn1-c1nccc(-c2ccco2)n1. The summed E-state index contributed by atoms with van der Waals surface area (Å²) in [5.41, 5.74) is 2.01. The average molecular weight is 323 g/mol. The molecule has 0 saturated carbocycles. The third-order valence-electron chi connectivity index (χ3n) is 4.24. The summed E-state index contributed by atoms with van der Waals surface area (Å²) >= 11 is 0. The van der Waals surface area contributed by atoms with E-state index in [1.165, 1.54) is 0 Å². The molecule has 7 nitrogen and oxygen atoms in total. The Morgan fingerprint density at radius 2 is 2.08 bits per heavy atom. The zero-order chi connectivity index (χ0) is 16.5. The molecule has 122 valence electrons. The van der Waals surface area contributed by atoms with E-state index < -0.39 is 0 Å². The fourth-order valence-electron chi connectivity index (χ4n) is 2.92. The molecule has 3 aromatic rings. The topological polar surface area (TPSA) is 77.0 Å². The monoisotopic (exact) mass is 323 g/mol. The molecule has 4 heterocycles. The first-order valence-corrected chi connectivity index (χ1v) is 7.95. The third kappa shape index (κ3) is 2.47. The van der Waals surface area contributed by atoms with Gasteiger partial charge in [0.2, 0.25) is 0 Å². The molecule has 3 aromatic heterocycles. The van der Waals surface area contributed by atoms with Crippen molar-refractivity contribution in [3.8, 4) is 17.4 Å². The lowest BCUT2D eigenvalue weighted by molar-refractivity contribution is 0.0792. The van der Waals surface area contributed by atoms with Crippen LogP contribution in [0.4, 0.5) is 0 Å². The van der Waals surface area contributed by atoms with E-state index in [1.807, 2.05) is 24.0 Å². The van der Waals surface area contributed by atoms with E-state index in [9.17, 15) is 4.79 Å². The van der Waals surface area contributed by atoms with Crippen molar-refractivity contribution >= 4 is 5.91 Å². The van der Waals surface area contributed by atoms with Crippen LogP contribution in [0, 0.1) is 6.92 Å². The van der Waals surface area contributed by atoms with Crippen LogP contribution in [0.3, 0.4) is 0 Å². The molecule has 0 atom stereocenters. The molecule has 1 saturated heterocycles. The first kappa shape index (κ1) is 14.6. The lowest BCUT2D eigenvalue weighted by Gasteiger charge is -2.14. The first-order chi connectivity index (χ1) is 11.7. The van der Waals surface area contributed by atoms with E-state index in [1.54, 1.807) is 29.4 Å². The summed E-state index contributed by atoms with van der Waals surface area (Å²) in [6.45, 7) is 3.49. The number of furan rings is 1. The maximum Gasteiger partial charge on any atom is 0.257 e. The van der Waals surface area contributed by atoms with Crippen LogP contribution in [-0.4, -0.2) is 43.6 Å². The molecule has 24 heavy (non-hydrogen) atoms. The Morgan fingerprint density at radius 1 is 1.25 bits per heavy atom. The molecule has 1 aliphatic heterocycles. The average Bonchev–Trinajstić information content (AvgIpc) is 3.36. The predicted octanol–water partition coefficient (Wildman–Crippen LogP) is 2.47. The van der Waals surface area contributed by atoms with Crippen LogP contribution in [0.1, 0.15) is 28.9 Å². The number of nitrogens with zero attached hydrogens (tertiary/aromatic N) is 5. The molecule has 4 rings (SSSR count). The maximum absolute atomic E-state index is 12.6. The molecule has 0 unspecified atom stereocenters. The molecule has 7 heteroatoms. The van der Waals surface area contributed by atoms with Crippen molar-refractivity contribution in [3.05, 3.63) is 48.1 Å². The molecule has 1 aliphatic rings. The lowest BCUT2D eigenvalue weighted by atomic mass is 10.2. The number of rotatable bonds is 3. The summed E-state index contributed by atoms with van der Waals surface area (Å²) in [4.78, 5) is 23.2. The Morgan fingerprint density at radius 3 is 2.83 bits per heavy atom. The molecule has 1 amide bonds. The van der Waals surface area contributed by atoms with Crippen LogP contribution in [-0.2, 0) is 0 Å². The van der Waals surface area contributed by atoms with Crippen LogP contribution in [0.25, 0.3) is 17.4 Å². The normalized spacial score (nSPS) is 14.3. The van der Waals surface area contributed by atoms with Gasteiger partial charge in [-0.05, 0) is 38.0 Å². The summed E-state index contributed by atoms with van der Waals surface area (Å²) in [6.07, 6.45) is 6.98. The minimum absolute atomic E-state index is 0.0263. The molecule has 0 bridgehead atoms. The summed E-state index contributed by atoms with van der Waals surface area (Å²) in [6, 6.07) is 5.42. The standard InChI is InChI=1S/C17H17N5O2/c1-12-13(16(23)21-8-2-3-9-21)11-19-22(12)17-18-7-6-14(20-17)15-5-4-10-24-15/h4-7,10-11H,2-3,8-9H2,1H3. The van der Waals surface area contributed by atoms with Gasteiger partial charge in [0.1, 0.15) is 5.69 Å². The Kier molecular flexibility index (Phi) is 3.60. The summed E-state index contributed by atoms with van der Waals surface area (Å²) in [5.74, 6) is 1.11. The van der Waals surface area contributed by atoms with Gasteiger partial charge in [-0.15, -0.1) is 0 Å². The molecule has 0 N–H and O–H groups in total.